The average Bonchev–Trinajstić information content (AvgIpc) is 2.98. The van der Waals surface area contributed by atoms with Gasteiger partial charge in [0.15, 0.2) is 0 Å². The standard InChI is InChI=1S/C33H39F2N3O3/c1-36-12-14-37(15-13-36)20-22-8-10-38(11-9-22)33-29(34)17-24(18-30(33)35)32-27-7-6-25(39)19-31(27)41-21-28(32)23-4-3-5-26(16-23)40-2/h3-7,16-19,22,28,32,39H,8-15,20-21H2,1-2H3. The zero-order chi connectivity index (χ0) is 28.5. The maximum Gasteiger partial charge on any atom is 0.149 e. The van der Waals surface area contributed by atoms with E-state index < -0.39 is 11.6 Å². The molecule has 1 N–H and O–H groups in total. The summed E-state index contributed by atoms with van der Waals surface area (Å²) in [6.07, 6.45) is 1.86. The number of hydrogen-bond acceptors (Lipinski definition) is 6. The first-order valence-corrected chi connectivity index (χ1v) is 14.6. The molecule has 2 atom stereocenters. The van der Waals surface area contributed by atoms with E-state index >= 15 is 8.78 Å². The number of halogens is 2. The predicted molar refractivity (Wildman–Crippen MR) is 156 cm³/mol. The van der Waals surface area contributed by atoms with E-state index in [0.29, 0.717) is 42.7 Å². The van der Waals surface area contributed by atoms with Crippen LogP contribution in [0.15, 0.2) is 54.6 Å². The summed E-state index contributed by atoms with van der Waals surface area (Å²) in [6.45, 7) is 7.04. The highest BCUT2D eigenvalue weighted by Gasteiger charge is 2.36. The molecule has 0 bridgehead atoms. The third kappa shape index (κ3) is 5.86. The Bertz CT molecular complexity index is 1350. The number of piperazine rings is 1. The van der Waals surface area contributed by atoms with E-state index in [2.05, 4.69) is 16.8 Å². The largest absolute Gasteiger partial charge is 0.508 e. The lowest BCUT2D eigenvalue weighted by atomic mass is 9.75. The normalized spacial score (nSPS) is 22.3. The molecule has 2 unspecified atom stereocenters. The van der Waals surface area contributed by atoms with Crippen LogP contribution in [-0.2, 0) is 0 Å². The highest BCUT2D eigenvalue weighted by Crippen LogP contribution is 2.48. The molecule has 3 heterocycles. The van der Waals surface area contributed by atoms with Crippen molar-refractivity contribution in [2.45, 2.75) is 24.7 Å². The summed E-state index contributed by atoms with van der Waals surface area (Å²) >= 11 is 0. The second kappa shape index (κ2) is 11.9. The Hall–Kier alpha value is -3.36. The molecule has 2 fully saturated rings. The van der Waals surface area contributed by atoms with Crippen LogP contribution in [-0.4, -0.2) is 81.5 Å². The SMILES string of the molecule is COc1cccc(C2COc3cc(O)ccc3C2c2cc(F)c(N3CCC(CN4CCN(C)CC4)CC3)c(F)c2)c1. The van der Waals surface area contributed by atoms with Crippen LogP contribution in [0, 0.1) is 17.6 Å². The van der Waals surface area contributed by atoms with Crippen LogP contribution in [0.3, 0.4) is 0 Å². The fourth-order valence-electron chi connectivity index (χ4n) is 6.77. The van der Waals surface area contributed by atoms with Crippen molar-refractivity contribution < 1.29 is 23.4 Å². The maximum absolute atomic E-state index is 15.9. The molecule has 41 heavy (non-hydrogen) atoms. The quantitative estimate of drug-likeness (QED) is 0.431. The van der Waals surface area contributed by atoms with Gasteiger partial charge in [-0.15, -0.1) is 0 Å². The van der Waals surface area contributed by atoms with Gasteiger partial charge in [-0.3, -0.25) is 0 Å². The van der Waals surface area contributed by atoms with E-state index in [1.54, 1.807) is 25.3 Å². The third-order valence-corrected chi connectivity index (χ3v) is 9.12. The van der Waals surface area contributed by atoms with Crippen LogP contribution in [0.2, 0.25) is 0 Å². The maximum atomic E-state index is 15.9. The number of rotatable bonds is 6. The van der Waals surface area contributed by atoms with Gasteiger partial charge in [0, 0.05) is 69.3 Å². The van der Waals surface area contributed by atoms with Crippen LogP contribution < -0.4 is 14.4 Å². The van der Waals surface area contributed by atoms with Crippen LogP contribution in [0.5, 0.6) is 17.2 Å². The summed E-state index contributed by atoms with van der Waals surface area (Å²) in [6, 6.07) is 15.7. The minimum Gasteiger partial charge on any atom is -0.508 e. The number of anilines is 1. The second-order valence-electron chi connectivity index (χ2n) is 11.8. The van der Waals surface area contributed by atoms with Crippen LogP contribution in [0.4, 0.5) is 14.5 Å². The predicted octanol–water partition coefficient (Wildman–Crippen LogP) is 5.45. The van der Waals surface area contributed by atoms with E-state index in [9.17, 15) is 5.11 Å². The van der Waals surface area contributed by atoms with Gasteiger partial charge in [-0.1, -0.05) is 18.2 Å². The Balaban J connectivity index is 1.25. The van der Waals surface area contributed by atoms with E-state index in [4.69, 9.17) is 9.47 Å². The molecule has 6 nitrogen and oxygen atoms in total. The Kier molecular flexibility index (Phi) is 8.04. The van der Waals surface area contributed by atoms with Gasteiger partial charge >= 0.3 is 0 Å². The Morgan fingerprint density at radius 1 is 0.902 bits per heavy atom. The molecule has 0 aromatic heterocycles. The molecule has 2 saturated heterocycles. The molecule has 0 saturated carbocycles. The molecule has 0 radical (unpaired) electrons. The molecule has 8 heteroatoms. The number of aromatic hydroxyl groups is 1. The van der Waals surface area contributed by atoms with Gasteiger partial charge in [-0.05, 0) is 67.3 Å². The molecule has 3 aliphatic heterocycles. The zero-order valence-corrected chi connectivity index (χ0v) is 23.9. The monoisotopic (exact) mass is 563 g/mol. The highest BCUT2D eigenvalue weighted by atomic mass is 19.1. The number of fused-ring (bicyclic) bond motifs is 1. The van der Waals surface area contributed by atoms with Crippen molar-refractivity contribution in [3.05, 3.63) is 82.9 Å². The molecule has 0 aliphatic carbocycles. The number of phenols is 1. The van der Waals surface area contributed by atoms with Crippen LogP contribution >= 0.6 is 0 Å². The number of methoxy groups -OCH3 is 1. The fraction of sp³-hybridized carbons (Fsp3) is 0.455. The highest BCUT2D eigenvalue weighted by molar-refractivity contribution is 5.56. The van der Waals surface area contributed by atoms with Gasteiger partial charge in [0.05, 0.1) is 13.7 Å². The molecule has 0 spiro atoms. The van der Waals surface area contributed by atoms with E-state index in [1.807, 2.05) is 29.2 Å². The zero-order valence-electron chi connectivity index (χ0n) is 23.9. The first-order chi connectivity index (χ1) is 19.9. The summed E-state index contributed by atoms with van der Waals surface area (Å²) in [5.74, 6) is 0.256. The molecule has 218 valence electrons. The minimum absolute atomic E-state index is 0.0720. The molecule has 3 aromatic carbocycles. The molecule has 0 amide bonds. The molecular weight excluding hydrogens is 524 g/mol. The lowest BCUT2D eigenvalue weighted by Crippen LogP contribution is -2.47. The average molecular weight is 564 g/mol. The van der Waals surface area contributed by atoms with Crippen molar-refractivity contribution in [1.82, 2.24) is 9.80 Å². The molecule has 6 rings (SSSR count). The number of nitrogens with zero attached hydrogens (tertiary/aromatic N) is 3. The number of hydrogen-bond donors (Lipinski definition) is 1. The number of piperidine rings is 1. The van der Waals surface area contributed by atoms with Crippen LogP contribution in [0.25, 0.3) is 0 Å². The number of benzene rings is 3. The van der Waals surface area contributed by atoms with Crippen molar-refractivity contribution in [1.29, 1.82) is 0 Å². The topological polar surface area (TPSA) is 48.4 Å². The lowest BCUT2D eigenvalue weighted by molar-refractivity contribution is 0.129. The molecule has 3 aliphatic rings. The third-order valence-electron chi connectivity index (χ3n) is 9.12. The van der Waals surface area contributed by atoms with Crippen molar-refractivity contribution in [2.24, 2.45) is 5.92 Å². The van der Waals surface area contributed by atoms with E-state index in [0.717, 1.165) is 56.7 Å². The lowest BCUT2D eigenvalue weighted by Gasteiger charge is -2.39. The summed E-state index contributed by atoms with van der Waals surface area (Å²) < 4.78 is 43.2. The first-order valence-electron chi connectivity index (χ1n) is 14.6. The summed E-state index contributed by atoms with van der Waals surface area (Å²) in [4.78, 5) is 6.76. The van der Waals surface area contributed by atoms with Gasteiger partial charge < -0.3 is 29.3 Å². The van der Waals surface area contributed by atoms with Gasteiger partial charge in [-0.25, -0.2) is 8.78 Å². The summed E-state index contributed by atoms with van der Waals surface area (Å²) in [7, 11) is 3.78. The van der Waals surface area contributed by atoms with E-state index in [1.165, 1.54) is 12.1 Å². The summed E-state index contributed by atoms with van der Waals surface area (Å²) in [5.41, 5.74) is 2.37. The summed E-state index contributed by atoms with van der Waals surface area (Å²) in [5, 5.41) is 10.1. The molecule has 3 aromatic rings. The minimum atomic E-state index is -0.534. The molecular formula is C33H39F2N3O3. The van der Waals surface area contributed by atoms with Crippen molar-refractivity contribution in [3.8, 4) is 17.2 Å². The fourth-order valence-corrected chi connectivity index (χ4v) is 6.77. The Morgan fingerprint density at radius 2 is 1.63 bits per heavy atom. The van der Waals surface area contributed by atoms with Crippen LogP contribution in [0.1, 0.15) is 41.4 Å². The van der Waals surface area contributed by atoms with E-state index in [-0.39, 0.29) is 23.3 Å². The van der Waals surface area contributed by atoms with Crippen molar-refractivity contribution >= 4 is 5.69 Å². The van der Waals surface area contributed by atoms with Crippen molar-refractivity contribution in [2.75, 3.05) is 71.5 Å². The second-order valence-corrected chi connectivity index (χ2v) is 11.8. The number of ether oxygens (including phenoxy) is 2. The number of phenolic OH excluding ortho intramolecular Hbond substituents is 1. The first kappa shape index (κ1) is 27.8. The smallest absolute Gasteiger partial charge is 0.149 e. The van der Waals surface area contributed by atoms with Gasteiger partial charge in [0.1, 0.15) is 34.6 Å². The van der Waals surface area contributed by atoms with Crippen molar-refractivity contribution in [3.63, 3.8) is 0 Å². The van der Waals surface area contributed by atoms with Gasteiger partial charge in [-0.2, -0.15) is 0 Å². The Labute approximate surface area is 241 Å². The van der Waals surface area contributed by atoms with Gasteiger partial charge in [0.2, 0.25) is 0 Å². The van der Waals surface area contributed by atoms with Gasteiger partial charge in [0.25, 0.3) is 0 Å². The number of likely N-dealkylation sites (N-methyl/N-ethyl adjacent to an activating group) is 1. The Morgan fingerprint density at radius 3 is 2.34 bits per heavy atom.